The van der Waals surface area contributed by atoms with Crippen LogP contribution in [-0.2, 0) is 21.5 Å². The van der Waals surface area contributed by atoms with E-state index in [1.165, 1.54) is 4.90 Å². The van der Waals surface area contributed by atoms with E-state index < -0.39 is 5.54 Å². The summed E-state index contributed by atoms with van der Waals surface area (Å²) in [6.07, 6.45) is 3.35. The number of imide groups is 1. The van der Waals surface area contributed by atoms with E-state index in [4.69, 9.17) is 9.47 Å². The molecule has 0 saturated carbocycles. The van der Waals surface area contributed by atoms with Crippen LogP contribution < -0.4 is 10.1 Å². The van der Waals surface area contributed by atoms with Crippen molar-refractivity contribution < 1.29 is 19.1 Å². The first kappa shape index (κ1) is 16.4. The van der Waals surface area contributed by atoms with Crippen LogP contribution in [0.5, 0.6) is 5.75 Å². The van der Waals surface area contributed by atoms with Gasteiger partial charge in [0.1, 0.15) is 11.3 Å². The van der Waals surface area contributed by atoms with E-state index in [1.807, 2.05) is 25.1 Å². The zero-order chi connectivity index (χ0) is 17.6. The molecule has 3 atom stereocenters. The number of hydrogen-bond donors (Lipinski definition) is 1. The molecule has 2 fully saturated rings. The highest BCUT2D eigenvalue weighted by molar-refractivity contribution is 6.08. The molecule has 4 rings (SSSR count). The average Bonchev–Trinajstić information content (AvgIpc) is 3.08. The molecule has 2 saturated heterocycles. The standard InChI is InChI=1S/C19H24N2O4/c1-12-9-13(6-8-25-12)11-21-17(22)19(20-18(21)23)7-5-14-3-4-15(24-2)10-16(14)19/h3-4,10,12-13H,5-9,11H2,1-2H3,(H,20,23). The van der Waals surface area contributed by atoms with Crippen molar-refractivity contribution in [1.82, 2.24) is 10.2 Å². The van der Waals surface area contributed by atoms with Gasteiger partial charge in [0.15, 0.2) is 0 Å². The fourth-order valence-corrected chi connectivity index (χ4v) is 4.41. The molecule has 6 heteroatoms. The Kier molecular flexibility index (Phi) is 3.95. The van der Waals surface area contributed by atoms with E-state index in [2.05, 4.69) is 5.32 Å². The first-order chi connectivity index (χ1) is 12.0. The van der Waals surface area contributed by atoms with Crippen molar-refractivity contribution in [2.24, 2.45) is 5.92 Å². The molecule has 3 unspecified atom stereocenters. The summed E-state index contributed by atoms with van der Waals surface area (Å²) in [7, 11) is 1.61. The van der Waals surface area contributed by atoms with Crippen LogP contribution in [0.15, 0.2) is 18.2 Å². The van der Waals surface area contributed by atoms with Crippen molar-refractivity contribution in [1.29, 1.82) is 0 Å². The van der Waals surface area contributed by atoms with Crippen molar-refractivity contribution in [3.63, 3.8) is 0 Å². The summed E-state index contributed by atoms with van der Waals surface area (Å²) in [5.41, 5.74) is 1.07. The van der Waals surface area contributed by atoms with Crippen LogP contribution >= 0.6 is 0 Å². The van der Waals surface area contributed by atoms with Gasteiger partial charge in [-0.3, -0.25) is 9.69 Å². The normalized spacial score (nSPS) is 31.4. The molecule has 25 heavy (non-hydrogen) atoms. The number of benzene rings is 1. The van der Waals surface area contributed by atoms with E-state index in [-0.39, 0.29) is 18.0 Å². The predicted molar refractivity (Wildman–Crippen MR) is 91.4 cm³/mol. The van der Waals surface area contributed by atoms with E-state index in [9.17, 15) is 9.59 Å². The fourth-order valence-electron chi connectivity index (χ4n) is 4.41. The molecule has 0 bridgehead atoms. The molecular formula is C19H24N2O4. The third-order valence-corrected chi connectivity index (χ3v) is 5.76. The second-order valence-corrected chi connectivity index (χ2v) is 7.35. The molecule has 6 nitrogen and oxygen atoms in total. The summed E-state index contributed by atoms with van der Waals surface area (Å²) in [6.45, 7) is 3.21. The molecule has 2 aliphatic heterocycles. The number of methoxy groups -OCH3 is 1. The molecule has 134 valence electrons. The third kappa shape index (κ3) is 2.59. The molecule has 1 aromatic carbocycles. The number of rotatable bonds is 3. The number of hydrogen-bond acceptors (Lipinski definition) is 4. The number of urea groups is 1. The minimum atomic E-state index is -0.919. The quantitative estimate of drug-likeness (QED) is 0.854. The lowest BCUT2D eigenvalue weighted by molar-refractivity contribution is -0.132. The summed E-state index contributed by atoms with van der Waals surface area (Å²) in [5, 5.41) is 2.99. The van der Waals surface area contributed by atoms with Gasteiger partial charge in [-0.1, -0.05) is 6.07 Å². The summed E-state index contributed by atoms with van der Waals surface area (Å²) in [6, 6.07) is 5.51. The molecule has 0 radical (unpaired) electrons. The summed E-state index contributed by atoms with van der Waals surface area (Å²) in [4.78, 5) is 27.2. The van der Waals surface area contributed by atoms with Gasteiger partial charge in [-0.25, -0.2) is 4.79 Å². The Morgan fingerprint density at radius 2 is 2.24 bits per heavy atom. The zero-order valence-corrected chi connectivity index (χ0v) is 14.7. The van der Waals surface area contributed by atoms with E-state index in [0.29, 0.717) is 31.2 Å². The minimum Gasteiger partial charge on any atom is -0.497 e. The van der Waals surface area contributed by atoms with Gasteiger partial charge in [0.25, 0.3) is 5.91 Å². The zero-order valence-electron chi connectivity index (χ0n) is 14.7. The smallest absolute Gasteiger partial charge is 0.325 e. The number of amides is 3. The second-order valence-electron chi connectivity index (χ2n) is 7.35. The molecule has 1 aliphatic carbocycles. The molecular weight excluding hydrogens is 320 g/mol. The van der Waals surface area contributed by atoms with Crippen molar-refractivity contribution >= 4 is 11.9 Å². The number of carbonyl (C=O) groups is 2. The van der Waals surface area contributed by atoms with Crippen LogP contribution in [0.3, 0.4) is 0 Å². The second kappa shape index (κ2) is 6.02. The van der Waals surface area contributed by atoms with Crippen LogP contribution in [0.25, 0.3) is 0 Å². The topological polar surface area (TPSA) is 67.9 Å². The van der Waals surface area contributed by atoms with Gasteiger partial charge in [0.2, 0.25) is 0 Å². The van der Waals surface area contributed by atoms with Crippen LogP contribution in [0.1, 0.15) is 37.3 Å². The molecule has 3 aliphatic rings. The van der Waals surface area contributed by atoms with Crippen molar-refractivity contribution in [2.45, 2.75) is 44.2 Å². The lowest BCUT2D eigenvalue weighted by Crippen LogP contribution is -2.43. The Balaban J connectivity index is 1.60. The Morgan fingerprint density at radius 3 is 3.00 bits per heavy atom. The van der Waals surface area contributed by atoms with Crippen LogP contribution in [0.4, 0.5) is 4.79 Å². The van der Waals surface area contributed by atoms with E-state index >= 15 is 0 Å². The van der Waals surface area contributed by atoms with Crippen LogP contribution in [0, 0.1) is 5.92 Å². The van der Waals surface area contributed by atoms with Crippen LogP contribution in [0.2, 0.25) is 0 Å². The number of carbonyl (C=O) groups excluding carboxylic acids is 2. The highest BCUT2D eigenvalue weighted by atomic mass is 16.5. The molecule has 3 amide bonds. The lowest BCUT2D eigenvalue weighted by Gasteiger charge is -2.30. The van der Waals surface area contributed by atoms with Gasteiger partial charge in [0, 0.05) is 13.2 Å². The van der Waals surface area contributed by atoms with Gasteiger partial charge in [-0.05, 0) is 61.8 Å². The van der Waals surface area contributed by atoms with Crippen LogP contribution in [-0.4, -0.2) is 43.2 Å². The Morgan fingerprint density at radius 1 is 1.40 bits per heavy atom. The van der Waals surface area contributed by atoms with E-state index in [0.717, 1.165) is 30.4 Å². The number of aryl methyl sites for hydroxylation is 1. The molecule has 1 aromatic rings. The predicted octanol–water partition coefficient (Wildman–Crippen LogP) is 2.20. The number of nitrogens with one attached hydrogen (secondary N) is 1. The SMILES string of the molecule is COc1ccc2c(c1)C1(CC2)NC(=O)N(CC2CCOC(C)C2)C1=O. The monoisotopic (exact) mass is 344 g/mol. The van der Waals surface area contributed by atoms with Crippen molar-refractivity contribution in [3.8, 4) is 5.75 Å². The molecule has 1 spiro atoms. The average molecular weight is 344 g/mol. The summed E-state index contributed by atoms with van der Waals surface area (Å²) in [5.74, 6) is 0.891. The minimum absolute atomic E-state index is 0.122. The Labute approximate surface area is 147 Å². The maximum atomic E-state index is 13.2. The highest BCUT2D eigenvalue weighted by Crippen LogP contribution is 2.43. The molecule has 2 heterocycles. The van der Waals surface area contributed by atoms with Crippen molar-refractivity contribution in [3.05, 3.63) is 29.3 Å². The molecule has 0 aromatic heterocycles. The number of nitrogens with zero attached hydrogens (tertiary/aromatic N) is 1. The maximum absolute atomic E-state index is 13.2. The fraction of sp³-hybridized carbons (Fsp3) is 0.579. The van der Waals surface area contributed by atoms with Gasteiger partial charge >= 0.3 is 6.03 Å². The largest absolute Gasteiger partial charge is 0.497 e. The Hall–Kier alpha value is -2.08. The lowest BCUT2D eigenvalue weighted by atomic mass is 9.90. The van der Waals surface area contributed by atoms with Gasteiger partial charge in [0.05, 0.1) is 13.2 Å². The maximum Gasteiger partial charge on any atom is 0.325 e. The first-order valence-electron chi connectivity index (χ1n) is 8.96. The molecule has 1 N–H and O–H groups in total. The number of ether oxygens (including phenoxy) is 2. The van der Waals surface area contributed by atoms with Crippen molar-refractivity contribution in [2.75, 3.05) is 20.3 Å². The van der Waals surface area contributed by atoms with Gasteiger partial charge in [-0.2, -0.15) is 0 Å². The number of fused-ring (bicyclic) bond motifs is 2. The Bertz CT molecular complexity index is 719. The first-order valence-corrected chi connectivity index (χ1v) is 8.96. The summed E-state index contributed by atoms with van der Waals surface area (Å²) < 4.78 is 10.9. The third-order valence-electron chi connectivity index (χ3n) is 5.76. The van der Waals surface area contributed by atoms with Gasteiger partial charge in [-0.15, -0.1) is 0 Å². The van der Waals surface area contributed by atoms with E-state index in [1.54, 1.807) is 7.11 Å². The van der Waals surface area contributed by atoms with Gasteiger partial charge < -0.3 is 14.8 Å². The summed E-state index contributed by atoms with van der Waals surface area (Å²) >= 11 is 0. The highest BCUT2D eigenvalue weighted by Gasteiger charge is 2.55.